The van der Waals surface area contributed by atoms with E-state index < -0.39 is 5.97 Å². The Balaban J connectivity index is 1.51. The number of hydrogen-bond donors (Lipinski definition) is 1. The molecule has 0 saturated heterocycles. The summed E-state index contributed by atoms with van der Waals surface area (Å²) in [5.74, 6) is 0.548. The van der Waals surface area contributed by atoms with Crippen LogP contribution in [0.25, 0.3) is 0 Å². The minimum atomic E-state index is -1.02. The normalized spacial score (nSPS) is 10.4. The molecule has 3 rings (SSSR count). The van der Waals surface area contributed by atoms with Crippen LogP contribution in [0.4, 0.5) is 0 Å². The van der Waals surface area contributed by atoms with E-state index in [1.54, 1.807) is 30.3 Å². The molecule has 0 fully saturated rings. The van der Waals surface area contributed by atoms with Crippen molar-refractivity contribution in [2.75, 3.05) is 6.61 Å². The van der Waals surface area contributed by atoms with Gasteiger partial charge in [0.25, 0.3) is 0 Å². The molecule has 0 radical (unpaired) electrons. The predicted molar refractivity (Wildman–Crippen MR) is 105 cm³/mol. The van der Waals surface area contributed by atoms with E-state index in [0.717, 1.165) is 19.3 Å². The average Bonchev–Trinajstić information content (AvgIpc) is 2.69. The number of carboxylic acids is 1. The quantitative estimate of drug-likeness (QED) is 0.505. The molecular weight excluding hydrogens is 340 g/mol. The van der Waals surface area contributed by atoms with E-state index in [1.807, 2.05) is 18.2 Å². The molecule has 0 heterocycles. The number of benzene rings is 3. The molecule has 0 bridgehead atoms. The van der Waals surface area contributed by atoms with Crippen LogP contribution in [0.2, 0.25) is 0 Å². The van der Waals surface area contributed by atoms with Gasteiger partial charge in [0.15, 0.2) is 0 Å². The third-order valence-electron chi connectivity index (χ3n) is 4.12. The smallest absolute Gasteiger partial charge is 0.339 e. The summed E-state index contributed by atoms with van der Waals surface area (Å²) in [5, 5.41) is 9.24. The maximum absolute atomic E-state index is 11.3. The summed E-state index contributed by atoms with van der Waals surface area (Å²) in [7, 11) is 0. The van der Waals surface area contributed by atoms with Gasteiger partial charge in [-0.15, -0.1) is 0 Å². The third kappa shape index (κ3) is 5.61. The number of ether oxygens (including phenoxy) is 2. The highest BCUT2D eigenvalue weighted by atomic mass is 16.5. The SMILES string of the molecule is O=C(O)c1ccccc1Oc1cccc(OCCCCc2ccccc2)c1. The van der Waals surface area contributed by atoms with Crippen LogP contribution in [0, 0.1) is 0 Å². The summed E-state index contributed by atoms with van der Waals surface area (Å²) < 4.78 is 11.5. The second-order valence-corrected chi connectivity index (χ2v) is 6.17. The molecule has 0 aromatic heterocycles. The van der Waals surface area contributed by atoms with Crippen LogP contribution in [0.5, 0.6) is 17.2 Å². The zero-order valence-electron chi connectivity index (χ0n) is 15.0. The maximum atomic E-state index is 11.3. The molecule has 0 saturated carbocycles. The third-order valence-corrected chi connectivity index (χ3v) is 4.12. The summed E-state index contributed by atoms with van der Waals surface area (Å²) in [5.41, 5.74) is 1.47. The number of carboxylic acid groups (broad SMARTS) is 1. The van der Waals surface area contributed by atoms with E-state index in [9.17, 15) is 9.90 Å². The van der Waals surface area contributed by atoms with E-state index in [1.165, 1.54) is 11.6 Å². The van der Waals surface area contributed by atoms with Gasteiger partial charge in [0, 0.05) is 6.07 Å². The van der Waals surface area contributed by atoms with Crippen LogP contribution >= 0.6 is 0 Å². The van der Waals surface area contributed by atoms with Crippen molar-refractivity contribution in [3.8, 4) is 17.2 Å². The topological polar surface area (TPSA) is 55.8 Å². The molecule has 3 aromatic carbocycles. The van der Waals surface area contributed by atoms with Crippen LogP contribution in [-0.4, -0.2) is 17.7 Å². The van der Waals surface area contributed by atoms with Crippen LogP contribution in [0.15, 0.2) is 78.9 Å². The number of aromatic carboxylic acids is 1. The Bertz CT molecular complexity index is 874. The minimum absolute atomic E-state index is 0.129. The van der Waals surface area contributed by atoms with Gasteiger partial charge in [0.1, 0.15) is 22.8 Å². The summed E-state index contributed by atoms with van der Waals surface area (Å²) >= 11 is 0. The van der Waals surface area contributed by atoms with Crippen molar-refractivity contribution in [2.45, 2.75) is 19.3 Å². The Morgan fingerprint density at radius 1 is 0.815 bits per heavy atom. The molecule has 138 valence electrons. The lowest BCUT2D eigenvalue weighted by molar-refractivity contribution is 0.0694. The molecule has 0 atom stereocenters. The van der Waals surface area contributed by atoms with Crippen LogP contribution < -0.4 is 9.47 Å². The Hall–Kier alpha value is -3.27. The Morgan fingerprint density at radius 2 is 1.56 bits per heavy atom. The predicted octanol–water partition coefficient (Wildman–Crippen LogP) is 5.58. The Morgan fingerprint density at radius 3 is 2.37 bits per heavy atom. The number of aryl methyl sites for hydroxylation is 1. The van der Waals surface area contributed by atoms with E-state index in [2.05, 4.69) is 24.3 Å². The second-order valence-electron chi connectivity index (χ2n) is 6.17. The number of para-hydroxylation sites is 1. The van der Waals surface area contributed by atoms with Crippen LogP contribution in [-0.2, 0) is 6.42 Å². The first-order chi connectivity index (χ1) is 13.2. The number of carbonyl (C=O) groups is 1. The highest BCUT2D eigenvalue weighted by Gasteiger charge is 2.11. The fourth-order valence-electron chi connectivity index (χ4n) is 2.75. The molecule has 0 amide bonds. The van der Waals surface area contributed by atoms with Crippen molar-refractivity contribution < 1.29 is 19.4 Å². The van der Waals surface area contributed by atoms with Crippen LogP contribution in [0.1, 0.15) is 28.8 Å². The number of hydrogen-bond acceptors (Lipinski definition) is 3. The van der Waals surface area contributed by atoms with Gasteiger partial charge in [-0.2, -0.15) is 0 Å². The molecule has 4 nitrogen and oxygen atoms in total. The lowest BCUT2D eigenvalue weighted by Crippen LogP contribution is -2.00. The largest absolute Gasteiger partial charge is 0.493 e. The van der Waals surface area contributed by atoms with Crippen molar-refractivity contribution in [2.24, 2.45) is 0 Å². The lowest BCUT2D eigenvalue weighted by atomic mass is 10.1. The summed E-state index contributed by atoms with van der Waals surface area (Å²) in [6.45, 7) is 0.627. The number of unbranched alkanes of at least 4 members (excludes halogenated alkanes) is 1. The minimum Gasteiger partial charge on any atom is -0.493 e. The maximum Gasteiger partial charge on any atom is 0.339 e. The van der Waals surface area contributed by atoms with Gasteiger partial charge in [-0.05, 0) is 49.1 Å². The van der Waals surface area contributed by atoms with Gasteiger partial charge < -0.3 is 14.6 Å². The molecule has 0 unspecified atom stereocenters. The molecule has 0 aliphatic heterocycles. The molecule has 3 aromatic rings. The second kappa shape index (κ2) is 9.43. The first-order valence-corrected chi connectivity index (χ1v) is 8.99. The van der Waals surface area contributed by atoms with Gasteiger partial charge >= 0.3 is 5.97 Å². The van der Waals surface area contributed by atoms with Crippen molar-refractivity contribution in [1.29, 1.82) is 0 Å². The Labute approximate surface area is 159 Å². The molecule has 27 heavy (non-hydrogen) atoms. The standard InChI is InChI=1S/C23H22O4/c24-23(25)21-14-4-5-15-22(21)27-20-13-8-12-19(17-20)26-16-7-6-11-18-9-2-1-3-10-18/h1-5,8-10,12-15,17H,6-7,11,16H2,(H,24,25). The fourth-order valence-corrected chi connectivity index (χ4v) is 2.75. The van der Waals surface area contributed by atoms with E-state index in [0.29, 0.717) is 23.9 Å². The van der Waals surface area contributed by atoms with E-state index >= 15 is 0 Å². The zero-order valence-corrected chi connectivity index (χ0v) is 15.0. The summed E-state index contributed by atoms with van der Waals surface area (Å²) in [6.07, 6.45) is 3.06. The fraction of sp³-hybridized carbons (Fsp3) is 0.174. The average molecular weight is 362 g/mol. The molecule has 4 heteroatoms. The van der Waals surface area contributed by atoms with Gasteiger partial charge in [0.2, 0.25) is 0 Å². The van der Waals surface area contributed by atoms with E-state index in [4.69, 9.17) is 9.47 Å². The summed E-state index contributed by atoms with van der Waals surface area (Å²) in [6, 6.07) is 24.2. The number of rotatable bonds is 9. The molecule has 0 spiro atoms. The molecule has 1 N–H and O–H groups in total. The van der Waals surface area contributed by atoms with Gasteiger partial charge in [0.05, 0.1) is 6.61 Å². The molecular formula is C23H22O4. The van der Waals surface area contributed by atoms with Gasteiger partial charge in [-0.1, -0.05) is 48.5 Å². The van der Waals surface area contributed by atoms with Gasteiger partial charge in [-0.25, -0.2) is 4.79 Å². The highest BCUT2D eigenvalue weighted by Crippen LogP contribution is 2.28. The Kier molecular flexibility index (Phi) is 6.47. The lowest BCUT2D eigenvalue weighted by Gasteiger charge is -2.11. The zero-order chi connectivity index (χ0) is 18.9. The highest BCUT2D eigenvalue weighted by molar-refractivity contribution is 5.90. The monoisotopic (exact) mass is 362 g/mol. The van der Waals surface area contributed by atoms with Gasteiger partial charge in [-0.3, -0.25) is 0 Å². The van der Waals surface area contributed by atoms with Crippen molar-refractivity contribution in [3.05, 3.63) is 90.0 Å². The van der Waals surface area contributed by atoms with Crippen molar-refractivity contribution in [1.82, 2.24) is 0 Å². The molecule has 0 aliphatic carbocycles. The van der Waals surface area contributed by atoms with Crippen LogP contribution in [0.3, 0.4) is 0 Å². The first kappa shape index (κ1) is 18.5. The van der Waals surface area contributed by atoms with Crippen molar-refractivity contribution >= 4 is 5.97 Å². The summed E-state index contributed by atoms with van der Waals surface area (Å²) in [4.78, 5) is 11.3. The molecule has 0 aliphatic rings. The first-order valence-electron chi connectivity index (χ1n) is 8.99. The van der Waals surface area contributed by atoms with Crippen molar-refractivity contribution in [3.63, 3.8) is 0 Å². The van der Waals surface area contributed by atoms with E-state index in [-0.39, 0.29) is 5.56 Å².